The summed E-state index contributed by atoms with van der Waals surface area (Å²) < 4.78 is 39.7. The van der Waals surface area contributed by atoms with Crippen molar-refractivity contribution in [1.29, 1.82) is 0 Å². The smallest absolute Gasteiger partial charge is 0.309 e. The first-order valence-electron chi connectivity index (χ1n) is 6.91. The third-order valence-electron chi connectivity index (χ3n) is 3.17. The van der Waals surface area contributed by atoms with Gasteiger partial charge >= 0.3 is 6.18 Å². The third-order valence-corrected chi connectivity index (χ3v) is 3.40. The van der Waals surface area contributed by atoms with Crippen LogP contribution in [0.25, 0.3) is 0 Å². The predicted octanol–water partition coefficient (Wildman–Crippen LogP) is 3.52. The van der Waals surface area contributed by atoms with Crippen LogP contribution in [0, 0.1) is 6.92 Å². The van der Waals surface area contributed by atoms with Gasteiger partial charge < -0.3 is 5.32 Å². The number of carbonyl (C=O) groups is 1. The molecule has 0 fully saturated rings. The highest BCUT2D eigenvalue weighted by Crippen LogP contribution is 2.29. The number of aromatic nitrogens is 2. The number of anilines is 1. The summed E-state index contributed by atoms with van der Waals surface area (Å²) in [5.41, 5.74) is 0.532. The molecule has 0 bridgehead atoms. The summed E-state index contributed by atoms with van der Waals surface area (Å²) in [7, 11) is 0. The molecule has 0 atom stereocenters. The number of amides is 1. The van der Waals surface area contributed by atoms with E-state index < -0.39 is 11.7 Å². The van der Waals surface area contributed by atoms with E-state index in [-0.39, 0.29) is 18.9 Å². The van der Waals surface area contributed by atoms with E-state index in [4.69, 9.17) is 0 Å². The van der Waals surface area contributed by atoms with Crippen LogP contribution in [0.2, 0.25) is 0 Å². The second-order valence-electron chi connectivity index (χ2n) is 5.05. The van der Waals surface area contributed by atoms with Crippen molar-refractivity contribution in [2.24, 2.45) is 0 Å². The second-order valence-corrected chi connectivity index (χ2v) is 5.50. The quantitative estimate of drug-likeness (QED) is 0.816. The van der Waals surface area contributed by atoms with E-state index in [9.17, 15) is 18.0 Å². The Labute approximate surface area is 137 Å². The Balaban J connectivity index is 2.15. The van der Waals surface area contributed by atoms with Crippen molar-refractivity contribution in [3.8, 4) is 0 Å². The maximum Gasteiger partial charge on any atom is 0.416 e. The van der Waals surface area contributed by atoms with E-state index in [0.717, 1.165) is 17.8 Å². The standard InChI is InChI=1S/C15H16F3N3OS/c1-10-7-13(19-14(22)5-6-23)20-21(10)9-11-3-2-4-12(8-11)15(16,17)18/h2-4,7-8,23H,5-6,9H2,1H3,(H,19,20,22). The zero-order chi connectivity index (χ0) is 17.0. The molecule has 124 valence electrons. The van der Waals surface area contributed by atoms with Crippen molar-refractivity contribution >= 4 is 24.4 Å². The predicted molar refractivity (Wildman–Crippen MR) is 84.6 cm³/mol. The summed E-state index contributed by atoms with van der Waals surface area (Å²) in [6.07, 6.45) is -4.11. The molecule has 2 rings (SSSR count). The van der Waals surface area contributed by atoms with E-state index >= 15 is 0 Å². The maximum atomic E-state index is 12.7. The SMILES string of the molecule is Cc1cc(NC(=O)CCS)nn1Cc1cccc(C(F)(F)F)c1. The average molecular weight is 343 g/mol. The molecule has 0 aliphatic heterocycles. The summed E-state index contributed by atoms with van der Waals surface area (Å²) >= 11 is 3.97. The fourth-order valence-electron chi connectivity index (χ4n) is 2.06. The molecule has 0 radical (unpaired) electrons. The highest BCUT2D eigenvalue weighted by Gasteiger charge is 2.30. The molecule has 1 heterocycles. The van der Waals surface area contributed by atoms with E-state index in [2.05, 4.69) is 23.0 Å². The third kappa shape index (κ3) is 4.75. The van der Waals surface area contributed by atoms with E-state index in [1.807, 2.05) is 0 Å². The van der Waals surface area contributed by atoms with Gasteiger partial charge in [-0.1, -0.05) is 12.1 Å². The first-order chi connectivity index (χ1) is 10.8. The monoisotopic (exact) mass is 343 g/mol. The van der Waals surface area contributed by atoms with Gasteiger partial charge in [0.2, 0.25) is 5.91 Å². The number of benzene rings is 1. The largest absolute Gasteiger partial charge is 0.416 e. The minimum Gasteiger partial charge on any atom is -0.309 e. The van der Waals surface area contributed by atoms with Crippen LogP contribution in [0.15, 0.2) is 30.3 Å². The van der Waals surface area contributed by atoms with Gasteiger partial charge in [0.1, 0.15) is 0 Å². The van der Waals surface area contributed by atoms with Crippen LogP contribution in [0.5, 0.6) is 0 Å². The van der Waals surface area contributed by atoms with Crippen LogP contribution in [0.3, 0.4) is 0 Å². The Morgan fingerprint density at radius 3 is 2.74 bits per heavy atom. The molecule has 0 aliphatic rings. The highest BCUT2D eigenvalue weighted by atomic mass is 32.1. The highest BCUT2D eigenvalue weighted by molar-refractivity contribution is 7.80. The number of nitrogens with zero attached hydrogens (tertiary/aromatic N) is 2. The number of thiol groups is 1. The van der Waals surface area contributed by atoms with Gasteiger partial charge in [-0.2, -0.15) is 30.9 Å². The van der Waals surface area contributed by atoms with Crippen LogP contribution in [-0.2, 0) is 17.5 Å². The molecular weight excluding hydrogens is 327 g/mol. The van der Waals surface area contributed by atoms with Crippen LogP contribution < -0.4 is 5.32 Å². The Morgan fingerprint density at radius 2 is 2.09 bits per heavy atom. The van der Waals surface area contributed by atoms with Crippen molar-refractivity contribution in [2.75, 3.05) is 11.1 Å². The fourth-order valence-corrected chi connectivity index (χ4v) is 2.26. The van der Waals surface area contributed by atoms with Gasteiger partial charge in [0.15, 0.2) is 5.82 Å². The van der Waals surface area contributed by atoms with Crippen molar-refractivity contribution in [2.45, 2.75) is 26.1 Å². The van der Waals surface area contributed by atoms with Gasteiger partial charge in [-0.05, 0) is 30.4 Å². The summed E-state index contributed by atoms with van der Waals surface area (Å²) in [5.74, 6) is 0.598. The lowest BCUT2D eigenvalue weighted by atomic mass is 10.1. The summed E-state index contributed by atoms with van der Waals surface area (Å²) in [4.78, 5) is 11.5. The first-order valence-corrected chi connectivity index (χ1v) is 7.54. The molecule has 0 spiro atoms. The van der Waals surface area contributed by atoms with Crippen molar-refractivity contribution < 1.29 is 18.0 Å². The summed E-state index contributed by atoms with van der Waals surface area (Å²) in [5, 5.41) is 6.82. The molecule has 1 aromatic carbocycles. The van der Waals surface area contributed by atoms with E-state index in [1.165, 1.54) is 6.07 Å². The molecule has 0 aliphatic carbocycles. The topological polar surface area (TPSA) is 46.9 Å². The second kappa shape index (κ2) is 7.08. The number of aryl methyl sites for hydroxylation is 1. The molecule has 1 aromatic heterocycles. The molecule has 0 saturated carbocycles. The number of carbonyl (C=O) groups excluding carboxylic acids is 1. The lowest BCUT2D eigenvalue weighted by molar-refractivity contribution is -0.137. The number of hydrogen-bond acceptors (Lipinski definition) is 3. The Bertz CT molecular complexity index is 698. The zero-order valence-corrected chi connectivity index (χ0v) is 13.3. The normalized spacial score (nSPS) is 11.5. The fraction of sp³-hybridized carbons (Fsp3) is 0.333. The zero-order valence-electron chi connectivity index (χ0n) is 12.4. The molecule has 0 saturated heterocycles. The first kappa shape index (κ1) is 17.4. The van der Waals surface area contributed by atoms with Crippen LogP contribution >= 0.6 is 12.6 Å². The summed E-state index contributed by atoms with van der Waals surface area (Å²) in [6.45, 7) is 1.97. The Kier molecular flexibility index (Phi) is 5.35. The van der Waals surface area contributed by atoms with E-state index in [0.29, 0.717) is 17.1 Å². The molecule has 2 aromatic rings. The lowest BCUT2D eigenvalue weighted by Gasteiger charge is -2.09. The summed E-state index contributed by atoms with van der Waals surface area (Å²) in [6, 6.07) is 6.77. The minimum atomic E-state index is -4.37. The van der Waals surface area contributed by atoms with Crippen LogP contribution in [0.4, 0.5) is 19.0 Å². The average Bonchev–Trinajstić information content (AvgIpc) is 2.78. The molecular formula is C15H16F3N3OS. The number of rotatable bonds is 5. The van der Waals surface area contributed by atoms with Crippen LogP contribution in [-0.4, -0.2) is 21.4 Å². The van der Waals surface area contributed by atoms with Crippen molar-refractivity contribution in [1.82, 2.24) is 9.78 Å². The van der Waals surface area contributed by atoms with Gasteiger partial charge in [-0.15, -0.1) is 0 Å². The molecule has 4 nitrogen and oxygen atoms in total. The Hall–Kier alpha value is -1.96. The molecule has 1 N–H and O–H groups in total. The number of halogens is 3. The van der Waals surface area contributed by atoms with Gasteiger partial charge in [0.25, 0.3) is 0 Å². The number of hydrogen-bond donors (Lipinski definition) is 2. The molecule has 23 heavy (non-hydrogen) atoms. The maximum absolute atomic E-state index is 12.7. The Morgan fingerprint density at radius 1 is 1.35 bits per heavy atom. The van der Waals surface area contributed by atoms with E-state index in [1.54, 1.807) is 23.7 Å². The van der Waals surface area contributed by atoms with Gasteiger partial charge in [0.05, 0.1) is 12.1 Å². The lowest BCUT2D eigenvalue weighted by Crippen LogP contribution is -2.13. The van der Waals surface area contributed by atoms with Gasteiger partial charge in [-0.25, -0.2) is 0 Å². The number of nitrogens with one attached hydrogen (secondary N) is 1. The van der Waals surface area contributed by atoms with Gasteiger partial charge in [-0.3, -0.25) is 9.48 Å². The van der Waals surface area contributed by atoms with Gasteiger partial charge in [0, 0.05) is 18.2 Å². The molecule has 0 unspecified atom stereocenters. The number of alkyl halides is 3. The van der Waals surface area contributed by atoms with Crippen molar-refractivity contribution in [3.63, 3.8) is 0 Å². The molecule has 1 amide bonds. The van der Waals surface area contributed by atoms with Crippen molar-refractivity contribution in [3.05, 3.63) is 47.2 Å². The van der Waals surface area contributed by atoms with Crippen LogP contribution in [0.1, 0.15) is 23.2 Å². The minimum absolute atomic E-state index is 0.193. The molecule has 8 heteroatoms.